The van der Waals surface area contributed by atoms with E-state index in [1.807, 2.05) is 0 Å². The number of piperidine rings is 2. The third-order valence-corrected chi connectivity index (χ3v) is 5.03. The molecule has 0 aromatic rings. The highest BCUT2D eigenvalue weighted by molar-refractivity contribution is 5.85. The van der Waals surface area contributed by atoms with Crippen LogP contribution in [0.1, 0.15) is 38.5 Å². The van der Waals surface area contributed by atoms with E-state index >= 15 is 0 Å². The summed E-state index contributed by atoms with van der Waals surface area (Å²) in [7, 11) is 0. The zero-order chi connectivity index (χ0) is 13.1. The van der Waals surface area contributed by atoms with Gasteiger partial charge in [-0.15, -0.1) is 24.8 Å². The highest BCUT2D eigenvalue weighted by Gasteiger charge is 2.34. The molecule has 3 aliphatic rings. The molecule has 3 aliphatic heterocycles. The van der Waals surface area contributed by atoms with Crippen molar-refractivity contribution in [1.29, 1.82) is 0 Å². The number of hydrogen-bond acceptors (Lipinski definition) is 3. The van der Waals surface area contributed by atoms with E-state index in [9.17, 15) is 4.79 Å². The van der Waals surface area contributed by atoms with E-state index in [1.54, 1.807) is 0 Å². The van der Waals surface area contributed by atoms with Crippen LogP contribution in [0.4, 0.5) is 0 Å². The van der Waals surface area contributed by atoms with Crippen molar-refractivity contribution < 1.29 is 4.79 Å². The lowest BCUT2D eigenvalue weighted by Crippen LogP contribution is -2.45. The molecule has 3 saturated heterocycles. The van der Waals surface area contributed by atoms with Crippen LogP contribution in [0.2, 0.25) is 0 Å². The van der Waals surface area contributed by atoms with Crippen LogP contribution in [-0.2, 0) is 4.79 Å². The maximum atomic E-state index is 12.5. The van der Waals surface area contributed by atoms with Gasteiger partial charge < -0.3 is 10.2 Å². The monoisotopic (exact) mass is 337 g/mol. The molecule has 6 heteroatoms. The fourth-order valence-electron chi connectivity index (χ4n) is 3.84. The summed E-state index contributed by atoms with van der Waals surface area (Å²) in [6, 6.07) is 0.640. The average molecular weight is 338 g/mol. The van der Waals surface area contributed by atoms with Crippen molar-refractivity contribution in [2.45, 2.75) is 44.6 Å². The molecule has 124 valence electrons. The first-order chi connectivity index (χ1) is 9.34. The van der Waals surface area contributed by atoms with Gasteiger partial charge in [-0.3, -0.25) is 9.69 Å². The molecule has 4 nitrogen and oxygen atoms in total. The Morgan fingerprint density at radius 2 is 1.71 bits per heavy atom. The summed E-state index contributed by atoms with van der Waals surface area (Å²) in [6.45, 7) is 6.44. The van der Waals surface area contributed by atoms with Crippen LogP contribution < -0.4 is 5.32 Å². The fourth-order valence-corrected chi connectivity index (χ4v) is 3.84. The second-order valence-corrected chi connectivity index (χ2v) is 6.37. The summed E-state index contributed by atoms with van der Waals surface area (Å²) in [5, 5.41) is 3.36. The van der Waals surface area contributed by atoms with Crippen molar-refractivity contribution >= 4 is 30.7 Å². The van der Waals surface area contributed by atoms with Gasteiger partial charge in [0.25, 0.3) is 0 Å². The Morgan fingerprint density at radius 3 is 2.38 bits per heavy atom. The molecule has 1 amide bonds. The molecule has 1 N–H and O–H groups in total. The second kappa shape index (κ2) is 9.19. The number of amides is 1. The Bertz CT molecular complexity index is 318. The topological polar surface area (TPSA) is 35.6 Å². The number of nitrogens with one attached hydrogen (secondary N) is 1. The summed E-state index contributed by atoms with van der Waals surface area (Å²) in [4.78, 5) is 17.3. The molecule has 21 heavy (non-hydrogen) atoms. The van der Waals surface area contributed by atoms with E-state index in [4.69, 9.17) is 0 Å². The number of rotatable bonds is 2. The minimum absolute atomic E-state index is 0. The molecule has 3 fully saturated rings. The van der Waals surface area contributed by atoms with Gasteiger partial charge >= 0.3 is 0 Å². The molecule has 0 radical (unpaired) electrons. The molecule has 0 spiro atoms. The van der Waals surface area contributed by atoms with Crippen LogP contribution in [0.5, 0.6) is 0 Å². The normalized spacial score (nSPS) is 30.4. The second-order valence-electron chi connectivity index (χ2n) is 6.37. The molecule has 0 aliphatic carbocycles. The number of likely N-dealkylation sites (tertiary alicyclic amines) is 2. The third kappa shape index (κ3) is 4.72. The maximum Gasteiger partial charge on any atom is 0.227 e. The number of hydrogen-bond donors (Lipinski definition) is 1. The smallest absolute Gasteiger partial charge is 0.227 e. The van der Waals surface area contributed by atoms with Gasteiger partial charge in [0.2, 0.25) is 5.91 Å². The summed E-state index contributed by atoms with van der Waals surface area (Å²) < 4.78 is 0. The minimum Gasteiger partial charge on any atom is -0.341 e. The molecule has 2 unspecified atom stereocenters. The Balaban J connectivity index is 0.00000110. The minimum atomic E-state index is 0. The first kappa shape index (κ1) is 19.0. The quantitative estimate of drug-likeness (QED) is 0.836. The van der Waals surface area contributed by atoms with Crippen molar-refractivity contribution in [2.75, 3.05) is 39.3 Å². The highest BCUT2D eigenvalue weighted by Crippen LogP contribution is 2.23. The fraction of sp³-hybridized carbons (Fsp3) is 0.933. The molecule has 0 aromatic heterocycles. The van der Waals surface area contributed by atoms with Gasteiger partial charge in [0.15, 0.2) is 0 Å². The highest BCUT2D eigenvalue weighted by atomic mass is 35.5. The largest absolute Gasteiger partial charge is 0.341 e. The van der Waals surface area contributed by atoms with Gasteiger partial charge in [0.1, 0.15) is 0 Å². The van der Waals surface area contributed by atoms with Crippen LogP contribution in [0.25, 0.3) is 0 Å². The predicted octanol–water partition coefficient (Wildman–Crippen LogP) is 1.92. The number of halogens is 2. The van der Waals surface area contributed by atoms with Crippen molar-refractivity contribution in [2.24, 2.45) is 5.92 Å². The standard InChI is InChI=1S/C15H27N3O.2ClH/c19-15(13-5-4-7-16-11-13)18-10-6-14(12-18)17-8-2-1-3-9-17;;/h13-14,16H,1-12H2;2*1H. The Hall–Kier alpha value is -0.0300. The molecular formula is C15H29Cl2N3O. The lowest BCUT2D eigenvalue weighted by Gasteiger charge is -2.32. The lowest BCUT2D eigenvalue weighted by molar-refractivity contribution is -0.135. The zero-order valence-corrected chi connectivity index (χ0v) is 14.4. The average Bonchev–Trinajstić information content (AvgIpc) is 2.98. The first-order valence-electron chi connectivity index (χ1n) is 8.08. The van der Waals surface area contributed by atoms with Gasteiger partial charge in [0.05, 0.1) is 5.92 Å². The molecule has 3 heterocycles. The van der Waals surface area contributed by atoms with Crippen molar-refractivity contribution in [1.82, 2.24) is 15.1 Å². The van der Waals surface area contributed by atoms with Crippen molar-refractivity contribution in [3.63, 3.8) is 0 Å². The Morgan fingerprint density at radius 1 is 0.952 bits per heavy atom. The van der Waals surface area contributed by atoms with Crippen LogP contribution >= 0.6 is 24.8 Å². The maximum absolute atomic E-state index is 12.5. The first-order valence-corrected chi connectivity index (χ1v) is 8.08. The van der Waals surface area contributed by atoms with Gasteiger partial charge in [-0.2, -0.15) is 0 Å². The summed E-state index contributed by atoms with van der Waals surface area (Å²) in [6.07, 6.45) is 7.50. The van der Waals surface area contributed by atoms with E-state index in [0.717, 1.165) is 39.0 Å². The van der Waals surface area contributed by atoms with Gasteiger partial charge in [-0.05, 0) is 51.7 Å². The van der Waals surface area contributed by atoms with E-state index < -0.39 is 0 Å². The SMILES string of the molecule is Cl.Cl.O=C(C1CCCNC1)N1CCC(N2CCCCC2)C1. The zero-order valence-electron chi connectivity index (χ0n) is 12.8. The molecule has 0 bridgehead atoms. The molecule has 0 aromatic carbocycles. The van der Waals surface area contributed by atoms with Gasteiger partial charge in [-0.1, -0.05) is 6.42 Å². The lowest BCUT2D eigenvalue weighted by atomic mass is 9.98. The van der Waals surface area contributed by atoms with E-state index in [2.05, 4.69) is 15.1 Å². The molecule has 0 saturated carbocycles. The van der Waals surface area contributed by atoms with E-state index in [-0.39, 0.29) is 30.7 Å². The summed E-state index contributed by atoms with van der Waals surface area (Å²) in [5.41, 5.74) is 0. The van der Waals surface area contributed by atoms with Crippen molar-refractivity contribution in [3.8, 4) is 0 Å². The molecule has 2 atom stereocenters. The van der Waals surface area contributed by atoms with E-state index in [0.29, 0.717) is 11.9 Å². The van der Waals surface area contributed by atoms with Gasteiger partial charge in [-0.25, -0.2) is 0 Å². The predicted molar refractivity (Wildman–Crippen MR) is 90.5 cm³/mol. The summed E-state index contributed by atoms with van der Waals surface area (Å²) >= 11 is 0. The van der Waals surface area contributed by atoms with Crippen molar-refractivity contribution in [3.05, 3.63) is 0 Å². The molecule has 3 rings (SSSR count). The Kier molecular flexibility index (Phi) is 8.32. The van der Waals surface area contributed by atoms with Crippen LogP contribution in [0.3, 0.4) is 0 Å². The number of nitrogens with zero attached hydrogens (tertiary/aromatic N) is 2. The Labute approximate surface area is 140 Å². The number of carbonyl (C=O) groups is 1. The van der Waals surface area contributed by atoms with E-state index in [1.165, 1.54) is 38.8 Å². The number of carbonyl (C=O) groups excluding carboxylic acids is 1. The molecular weight excluding hydrogens is 309 g/mol. The van der Waals surface area contributed by atoms with Crippen LogP contribution in [0.15, 0.2) is 0 Å². The van der Waals surface area contributed by atoms with Crippen LogP contribution in [-0.4, -0.2) is 61.0 Å². The van der Waals surface area contributed by atoms with Crippen LogP contribution in [0, 0.1) is 5.92 Å². The third-order valence-electron chi connectivity index (χ3n) is 5.03. The van der Waals surface area contributed by atoms with Gasteiger partial charge in [0, 0.05) is 25.7 Å². The summed E-state index contributed by atoms with van der Waals surface area (Å²) in [5.74, 6) is 0.653.